The van der Waals surface area contributed by atoms with Crippen molar-refractivity contribution in [2.45, 2.75) is 20.3 Å². The molecule has 1 aromatic rings. The molecule has 0 radical (unpaired) electrons. The molecular weight excluding hydrogens is 300 g/mol. The van der Waals surface area contributed by atoms with Gasteiger partial charge in [0.1, 0.15) is 5.75 Å². The maximum atomic E-state index is 12.5. The van der Waals surface area contributed by atoms with Crippen LogP contribution in [0.15, 0.2) is 24.3 Å². The Bertz CT molecular complexity index is 479. The summed E-state index contributed by atoms with van der Waals surface area (Å²) in [4.78, 5) is 14.5. The molecule has 1 aromatic carbocycles. The summed E-state index contributed by atoms with van der Waals surface area (Å²) < 4.78 is 5.70. The van der Waals surface area contributed by atoms with Crippen LogP contribution in [0.2, 0.25) is 0 Å². The molecule has 0 spiro atoms. The zero-order valence-corrected chi connectivity index (χ0v) is 14.5. The minimum absolute atomic E-state index is 0. The number of ether oxygens (including phenoxy) is 1. The molecule has 1 atom stereocenters. The summed E-state index contributed by atoms with van der Waals surface area (Å²) in [6, 6.07) is 7.53. The first-order chi connectivity index (χ1) is 10.1. The summed E-state index contributed by atoms with van der Waals surface area (Å²) in [5.74, 6) is 1.94. The molecule has 0 bridgehead atoms. The molecule has 22 heavy (non-hydrogen) atoms. The molecule has 0 aliphatic carbocycles. The van der Waals surface area contributed by atoms with E-state index in [4.69, 9.17) is 4.74 Å². The van der Waals surface area contributed by atoms with Gasteiger partial charge in [0.25, 0.3) is 5.91 Å². The highest BCUT2D eigenvalue weighted by atomic mass is 35.5. The van der Waals surface area contributed by atoms with Gasteiger partial charge < -0.3 is 15.0 Å². The first kappa shape index (κ1) is 18.8. The van der Waals surface area contributed by atoms with Gasteiger partial charge in [0.15, 0.2) is 0 Å². The molecule has 1 aliphatic rings. The van der Waals surface area contributed by atoms with Crippen molar-refractivity contribution < 1.29 is 9.53 Å². The molecule has 4 nitrogen and oxygen atoms in total. The van der Waals surface area contributed by atoms with E-state index in [2.05, 4.69) is 19.2 Å². The van der Waals surface area contributed by atoms with E-state index in [0.29, 0.717) is 18.4 Å². The van der Waals surface area contributed by atoms with Crippen molar-refractivity contribution in [3.63, 3.8) is 0 Å². The normalized spacial score (nSPS) is 17.5. The second-order valence-electron chi connectivity index (χ2n) is 6.20. The van der Waals surface area contributed by atoms with Crippen molar-refractivity contribution in [1.29, 1.82) is 0 Å². The minimum atomic E-state index is 0. The first-order valence-corrected chi connectivity index (χ1v) is 7.77. The summed E-state index contributed by atoms with van der Waals surface area (Å²) in [5, 5.41) is 3.19. The van der Waals surface area contributed by atoms with Crippen LogP contribution in [0.4, 0.5) is 0 Å². The quantitative estimate of drug-likeness (QED) is 0.874. The summed E-state index contributed by atoms with van der Waals surface area (Å²) in [6.07, 6.45) is 1.08. The number of hydrogen-bond donors (Lipinski definition) is 1. The Labute approximate surface area is 139 Å². The molecule has 0 aromatic heterocycles. The fourth-order valence-corrected chi connectivity index (χ4v) is 2.64. The average Bonchev–Trinajstić information content (AvgIpc) is 2.94. The number of nitrogens with one attached hydrogen (secondary N) is 1. The molecule has 1 fully saturated rings. The fraction of sp³-hybridized carbons (Fsp3) is 0.588. The number of halogens is 1. The third-order valence-corrected chi connectivity index (χ3v) is 3.73. The van der Waals surface area contributed by atoms with Crippen molar-refractivity contribution in [3.8, 4) is 5.75 Å². The third kappa shape index (κ3) is 5.18. The van der Waals surface area contributed by atoms with Crippen LogP contribution >= 0.6 is 12.4 Å². The Morgan fingerprint density at radius 1 is 1.45 bits per heavy atom. The Morgan fingerprint density at radius 3 is 2.91 bits per heavy atom. The van der Waals surface area contributed by atoms with Gasteiger partial charge in [0, 0.05) is 18.7 Å². The maximum Gasteiger partial charge on any atom is 0.253 e. The van der Waals surface area contributed by atoms with E-state index in [1.807, 2.05) is 36.2 Å². The van der Waals surface area contributed by atoms with Crippen molar-refractivity contribution in [2.75, 3.05) is 33.3 Å². The lowest BCUT2D eigenvalue weighted by atomic mass is 10.1. The number of hydrogen-bond acceptors (Lipinski definition) is 3. The highest BCUT2D eigenvalue weighted by Crippen LogP contribution is 2.20. The molecule has 1 saturated heterocycles. The minimum Gasteiger partial charge on any atom is -0.493 e. The number of amides is 1. The predicted octanol–water partition coefficient (Wildman–Crippen LogP) is 2.82. The van der Waals surface area contributed by atoms with Gasteiger partial charge in [-0.2, -0.15) is 0 Å². The molecule has 1 unspecified atom stereocenters. The van der Waals surface area contributed by atoms with Crippen LogP contribution in [-0.2, 0) is 0 Å². The topological polar surface area (TPSA) is 41.6 Å². The van der Waals surface area contributed by atoms with Crippen LogP contribution in [0.5, 0.6) is 5.75 Å². The van der Waals surface area contributed by atoms with Crippen molar-refractivity contribution in [2.24, 2.45) is 11.8 Å². The van der Waals surface area contributed by atoms with Gasteiger partial charge in [-0.25, -0.2) is 0 Å². The summed E-state index contributed by atoms with van der Waals surface area (Å²) in [7, 11) is 1.96. The van der Waals surface area contributed by atoms with E-state index >= 15 is 0 Å². The number of benzene rings is 1. The van der Waals surface area contributed by atoms with Gasteiger partial charge in [-0.05, 0) is 50.0 Å². The second kappa shape index (κ2) is 9.01. The van der Waals surface area contributed by atoms with Gasteiger partial charge in [-0.3, -0.25) is 4.79 Å². The monoisotopic (exact) mass is 326 g/mol. The highest BCUT2D eigenvalue weighted by molar-refractivity contribution is 5.94. The standard InChI is InChI=1S/C17H26N2O2.ClH/c1-13(2)12-21-16-6-4-5-15(9-16)17(20)19-8-7-14(11-19)10-18-3;/h4-6,9,13-14,18H,7-8,10-12H2,1-3H3;1H. The smallest absolute Gasteiger partial charge is 0.253 e. The molecule has 2 rings (SSSR count). The number of carbonyl (C=O) groups is 1. The zero-order chi connectivity index (χ0) is 15.2. The predicted molar refractivity (Wildman–Crippen MR) is 92.0 cm³/mol. The SMILES string of the molecule is CNCC1CCN(C(=O)c2cccc(OCC(C)C)c2)C1.Cl. The van der Waals surface area contributed by atoms with Crippen LogP contribution in [0, 0.1) is 11.8 Å². The zero-order valence-electron chi connectivity index (χ0n) is 13.7. The Balaban J connectivity index is 0.00000242. The summed E-state index contributed by atoms with van der Waals surface area (Å²) >= 11 is 0. The summed E-state index contributed by atoms with van der Waals surface area (Å²) in [5.41, 5.74) is 0.723. The van der Waals surface area contributed by atoms with Crippen LogP contribution in [0.25, 0.3) is 0 Å². The van der Waals surface area contributed by atoms with Gasteiger partial charge in [0.2, 0.25) is 0 Å². The van der Waals surface area contributed by atoms with E-state index in [-0.39, 0.29) is 18.3 Å². The molecular formula is C17H27ClN2O2. The number of likely N-dealkylation sites (tertiary alicyclic amines) is 1. The highest BCUT2D eigenvalue weighted by Gasteiger charge is 2.26. The number of rotatable bonds is 6. The average molecular weight is 327 g/mol. The molecule has 1 heterocycles. The van der Waals surface area contributed by atoms with E-state index < -0.39 is 0 Å². The molecule has 0 saturated carbocycles. The van der Waals surface area contributed by atoms with Crippen molar-refractivity contribution in [1.82, 2.24) is 10.2 Å². The van der Waals surface area contributed by atoms with Gasteiger partial charge in [-0.15, -0.1) is 12.4 Å². The van der Waals surface area contributed by atoms with Gasteiger partial charge in [-0.1, -0.05) is 19.9 Å². The van der Waals surface area contributed by atoms with Crippen LogP contribution < -0.4 is 10.1 Å². The third-order valence-electron chi connectivity index (χ3n) is 3.73. The number of nitrogens with zero attached hydrogens (tertiary/aromatic N) is 1. The van der Waals surface area contributed by atoms with Gasteiger partial charge in [0.05, 0.1) is 6.61 Å². The number of carbonyl (C=O) groups excluding carboxylic acids is 1. The Hall–Kier alpha value is -1.26. The van der Waals surface area contributed by atoms with Gasteiger partial charge >= 0.3 is 0 Å². The lowest BCUT2D eigenvalue weighted by molar-refractivity contribution is 0.0786. The Kier molecular flexibility index (Phi) is 7.69. The second-order valence-corrected chi connectivity index (χ2v) is 6.20. The molecule has 1 amide bonds. The molecule has 5 heteroatoms. The molecule has 124 valence electrons. The van der Waals surface area contributed by atoms with E-state index in [0.717, 1.165) is 37.4 Å². The van der Waals surface area contributed by atoms with Crippen LogP contribution in [0.1, 0.15) is 30.6 Å². The van der Waals surface area contributed by atoms with Crippen LogP contribution in [-0.4, -0.2) is 44.1 Å². The van der Waals surface area contributed by atoms with E-state index in [1.54, 1.807) is 0 Å². The Morgan fingerprint density at radius 2 is 2.23 bits per heavy atom. The van der Waals surface area contributed by atoms with Crippen molar-refractivity contribution >= 4 is 18.3 Å². The summed E-state index contributed by atoms with van der Waals surface area (Å²) in [6.45, 7) is 7.56. The molecule has 1 N–H and O–H groups in total. The fourth-order valence-electron chi connectivity index (χ4n) is 2.64. The maximum absolute atomic E-state index is 12.5. The first-order valence-electron chi connectivity index (χ1n) is 7.77. The van der Waals surface area contributed by atoms with E-state index in [1.165, 1.54) is 0 Å². The van der Waals surface area contributed by atoms with E-state index in [9.17, 15) is 4.79 Å². The lowest BCUT2D eigenvalue weighted by Crippen LogP contribution is -2.30. The largest absolute Gasteiger partial charge is 0.493 e. The van der Waals surface area contributed by atoms with Crippen molar-refractivity contribution in [3.05, 3.63) is 29.8 Å². The van der Waals surface area contributed by atoms with Crippen LogP contribution in [0.3, 0.4) is 0 Å². The lowest BCUT2D eigenvalue weighted by Gasteiger charge is -2.17. The molecule has 1 aliphatic heterocycles.